The van der Waals surface area contributed by atoms with Crippen LogP contribution in [0.5, 0.6) is 0 Å². The predicted octanol–water partition coefficient (Wildman–Crippen LogP) is 1.91. The van der Waals surface area contributed by atoms with Crippen LogP contribution in [0.1, 0.15) is 26.2 Å². The summed E-state index contributed by atoms with van der Waals surface area (Å²) >= 11 is 0. The Kier molecular flexibility index (Phi) is 7.08. The van der Waals surface area contributed by atoms with Gasteiger partial charge in [0.1, 0.15) is 16.5 Å². The number of carbonyl (C=O) groups excluding carboxylic acids is 1. The summed E-state index contributed by atoms with van der Waals surface area (Å²) in [5, 5.41) is 2.90. The fourth-order valence-electron chi connectivity index (χ4n) is 2.95. The topological polar surface area (TPSA) is 75.7 Å². The third-order valence-electron chi connectivity index (χ3n) is 4.54. The first-order valence-corrected chi connectivity index (χ1v) is 9.98. The van der Waals surface area contributed by atoms with Crippen LogP contribution in [0.4, 0.5) is 8.78 Å². The van der Waals surface area contributed by atoms with Crippen LogP contribution in [-0.2, 0) is 19.6 Å². The Hall–Kier alpha value is -1.58. The molecule has 0 aromatic heterocycles. The number of ether oxygens (including phenoxy) is 1. The van der Waals surface area contributed by atoms with E-state index in [0.29, 0.717) is 25.5 Å². The van der Waals surface area contributed by atoms with Crippen molar-refractivity contribution in [1.29, 1.82) is 0 Å². The molecule has 1 aliphatic rings. The minimum atomic E-state index is -4.13. The number of halogens is 2. The van der Waals surface area contributed by atoms with Gasteiger partial charge in [-0.05, 0) is 37.5 Å². The first-order chi connectivity index (χ1) is 12.3. The zero-order valence-corrected chi connectivity index (χ0v) is 15.7. The molecular formula is C17H24F2N2O4S. The molecule has 0 spiro atoms. The van der Waals surface area contributed by atoms with Gasteiger partial charge in [0.15, 0.2) is 0 Å². The molecule has 1 fully saturated rings. The standard InChI is InChI=1S/C17H24F2N2O4S/c1-3-14(11-25-2)20-17(22)12-6-8-21(9-7-12)26(23,24)16-10-13(18)4-5-15(16)19/h4-5,10,12,14H,3,6-9,11H2,1-2H3,(H,20,22). The first kappa shape index (κ1) is 20.7. The molecule has 6 nitrogen and oxygen atoms in total. The Labute approximate surface area is 152 Å². The molecule has 1 N–H and O–H groups in total. The van der Waals surface area contributed by atoms with Gasteiger partial charge < -0.3 is 10.1 Å². The van der Waals surface area contributed by atoms with Crippen LogP contribution in [0.2, 0.25) is 0 Å². The molecule has 0 radical (unpaired) electrons. The highest BCUT2D eigenvalue weighted by molar-refractivity contribution is 7.89. The van der Waals surface area contributed by atoms with Crippen molar-refractivity contribution in [1.82, 2.24) is 9.62 Å². The molecule has 2 rings (SSSR count). The predicted molar refractivity (Wildman–Crippen MR) is 91.9 cm³/mol. The number of rotatable bonds is 7. The molecule has 0 bridgehead atoms. The SMILES string of the molecule is CCC(COC)NC(=O)C1CCN(S(=O)(=O)c2cc(F)ccc2F)CC1. The highest BCUT2D eigenvalue weighted by atomic mass is 32.2. The Morgan fingerprint density at radius 1 is 1.35 bits per heavy atom. The number of piperidine rings is 1. The molecule has 1 amide bonds. The molecule has 146 valence electrons. The van der Waals surface area contributed by atoms with Crippen LogP contribution in [-0.4, -0.2) is 51.5 Å². The highest BCUT2D eigenvalue weighted by Gasteiger charge is 2.34. The monoisotopic (exact) mass is 390 g/mol. The van der Waals surface area contributed by atoms with Crippen LogP contribution < -0.4 is 5.32 Å². The van der Waals surface area contributed by atoms with Crippen LogP contribution in [0.25, 0.3) is 0 Å². The minimum absolute atomic E-state index is 0.0808. The zero-order valence-electron chi connectivity index (χ0n) is 14.9. The first-order valence-electron chi connectivity index (χ1n) is 8.54. The molecule has 26 heavy (non-hydrogen) atoms. The van der Waals surface area contributed by atoms with Crippen LogP contribution in [0.15, 0.2) is 23.1 Å². The number of nitrogens with zero attached hydrogens (tertiary/aromatic N) is 1. The number of nitrogens with one attached hydrogen (secondary N) is 1. The minimum Gasteiger partial charge on any atom is -0.383 e. The van der Waals surface area contributed by atoms with Gasteiger partial charge in [-0.15, -0.1) is 0 Å². The summed E-state index contributed by atoms with van der Waals surface area (Å²) in [6.45, 7) is 2.51. The lowest BCUT2D eigenvalue weighted by Gasteiger charge is -2.31. The van der Waals surface area contributed by atoms with Gasteiger partial charge in [-0.3, -0.25) is 4.79 Å². The summed E-state index contributed by atoms with van der Waals surface area (Å²) < 4.78 is 58.4. The molecule has 0 saturated carbocycles. The molecule has 1 aliphatic heterocycles. The number of hydrogen-bond acceptors (Lipinski definition) is 4. The van der Waals surface area contributed by atoms with Gasteiger partial charge in [0.25, 0.3) is 0 Å². The van der Waals surface area contributed by atoms with Gasteiger partial charge in [0.2, 0.25) is 15.9 Å². The lowest BCUT2D eigenvalue weighted by molar-refractivity contribution is -0.127. The van der Waals surface area contributed by atoms with Crippen LogP contribution in [0.3, 0.4) is 0 Å². The van der Waals surface area contributed by atoms with E-state index in [1.807, 2.05) is 6.92 Å². The van der Waals surface area contributed by atoms with E-state index in [-0.39, 0.29) is 31.0 Å². The average molecular weight is 390 g/mol. The van der Waals surface area contributed by atoms with Gasteiger partial charge in [-0.1, -0.05) is 6.92 Å². The van der Waals surface area contributed by atoms with E-state index in [1.165, 1.54) is 0 Å². The number of sulfonamides is 1. The molecule has 1 unspecified atom stereocenters. The van der Waals surface area contributed by atoms with Crippen LogP contribution in [0, 0.1) is 17.6 Å². The second-order valence-electron chi connectivity index (χ2n) is 6.32. The molecule has 1 aromatic rings. The maximum atomic E-state index is 13.8. The largest absolute Gasteiger partial charge is 0.383 e. The molecular weight excluding hydrogens is 366 g/mol. The van der Waals surface area contributed by atoms with E-state index < -0.39 is 26.6 Å². The number of carbonyl (C=O) groups is 1. The van der Waals surface area contributed by atoms with Crippen molar-refractivity contribution in [2.24, 2.45) is 5.92 Å². The quantitative estimate of drug-likeness (QED) is 0.772. The van der Waals surface area contributed by atoms with E-state index in [1.54, 1.807) is 7.11 Å². The van der Waals surface area contributed by atoms with E-state index in [9.17, 15) is 22.0 Å². The van der Waals surface area contributed by atoms with Gasteiger partial charge >= 0.3 is 0 Å². The van der Waals surface area contributed by atoms with Crippen molar-refractivity contribution in [2.45, 2.75) is 37.1 Å². The molecule has 1 aromatic carbocycles. The Balaban J connectivity index is 2.01. The summed E-state index contributed by atoms with van der Waals surface area (Å²) in [5.74, 6) is -2.26. The fourth-order valence-corrected chi connectivity index (χ4v) is 4.50. The number of hydrogen-bond donors (Lipinski definition) is 1. The van der Waals surface area contributed by atoms with Crippen molar-refractivity contribution in [2.75, 3.05) is 26.8 Å². The maximum Gasteiger partial charge on any atom is 0.246 e. The van der Waals surface area contributed by atoms with Crippen molar-refractivity contribution in [3.63, 3.8) is 0 Å². The Morgan fingerprint density at radius 2 is 2.00 bits per heavy atom. The Bertz CT molecular complexity index is 734. The Morgan fingerprint density at radius 3 is 2.58 bits per heavy atom. The summed E-state index contributed by atoms with van der Waals surface area (Å²) in [6.07, 6.45) is 1.38. The zero-order chi connectivity index (χ0) is 19.3. The number of methoxy groups -OCH3 is 1. The fraction of sp³-hybridized carbons (Fsp3) is 0.588. The molecule has 9 heteroatoms. The van der Waals surface area contributed by atoms with Crippen molar-refractivity contribution in [3.05, 3.63) is 29.8 Å². The lowest BCUT2D eigenvalue weighted by atomic mass is 9.97. The molecule has 1 heterocycles. The van der Waals surface area contributed by atoms with E-state index in [4.69, 9.17) is 4.74 Å². The number of amides is 1. The van der Waals surface area contributed by atoms with Gasteiger partial charge in [0.05, 0.1) is 12.6 Å². The second-order valence-corrected chi connectivity index (χ2v) is 8.23. The molecule has 0 aliphatic carbocycles. The summed E-state index contributed by atoms with van der Waals surface area (Å²) in [5.41, 5.74) is 0. The van der Waals surface area contributed by atoms with Gasteiger partial charge in [-0.2, -0.15) is 4.31 Å². The van der Waals surface area contributed by atoms with Crippen LogP contribution >= 0.6 is 0 Å². The highest BCUT2D eigenvalue weighted by Crippen LogP contribution is 2.26. The van der Waals surface area contributed by atoms with Gasteiger partial charge in [0, 0.05) is 26.1 Å². The summed E-state index contributed by atoms with van der Waals surface area (Å²) in [6, 6.07) is 2.26. The second kappa shape index (κ2) is 8.88. The van der Waals surface area contributed by atoms with Gasteiger partial charge in [-0.25, -0.2) is 17.2 Å². The van der Waals surface area contributed by atoms with E-state index in [2.05, 4.69) is 5.32 Å². The van der Waals surface area contributed by atoms with Crippen molar-refractivity contribution < 1.29 is 26.7 Å². The lowest BCUT2D eigenvalue weighted by Crippen LogP contribution is -2.46. The smallest absolute Gasteiger partial charge is 0.246 e. The van der Waals surface area contributed by atoms with E-state index >= 15 is 0 Å². The number of benzene rings is 1. The van der Waals surface area contributed by atoms with E-state index in [0.717, 1.165) is 22.9 Å². The maximum absolute atomic E-state index is 13.8. The molecule has 1 saturated heterocycles. The summed E-state index contributed by atoms with van der Waals surface area (Å²) in [4.78, 5) is 11.6. The third-order valence-corrected chi connectivity index (χ3v) is 6.46. The third kappa shape index (κ3) is 4.77. The summed E-state index contributed by atoms with van der Waals surface area (Å²) in [7, 11) is -2.57. The normalized spacial score (nSPS) is 17.8. The molecule has 1 atom stereocenters. The van der Waals surface area contributed by atoms with Crippen molar-refractivity contribution >= 4 is 15.9 Å². The van der Waals surface area contributed by atoms with Crippen molar-refractivity contribution in [3.8, 4) is 0 Å². The average Bonchev–Trinajstić information content (AvgIpc) is 2.63.